The number of carbonyl (C=O) groups excluding carboxylic acids is 5. The number of benzene rings is 1. The van der Waals surface area contributed by atoms with Gasteiger partial charge in [-0.3, -0.25) is 24.0 Å². The summed E-state index contributed by atoms with van der Waals surface area (Å²) in [6.07, 6.45) is -9.17. The van der Waals surface area contributed by atoms with Crippen molar-refractivity contribution in [2.45, 2.75) is 109 Å². The minimum absolute atomic E-state index is 0.120. The summed E-state index contributed by atoms with van der Waals surface area (Å²) in [5, 5.41) is 0. The van der Waals surface area contributed by atoms with Crippen molar-refractivity contribution in [2.75, 3.05) is 20.3 Å². The van der Waals surface area contributed by atoms with Gasteiger partial charge in [0.05, 0.1) is 25.2 Å². The number of carbonyl (C=O) groups is 5. The summed E-state index contributed by atoms with van der Waals surface area (Å²) in [6, 6.07) is 9.27. The Bertz CT molecular complexity index is 1290. The molecule has 1 aromatic rings. The van der Waals surface area contributed by atoms with Crippen LogP contribution in [0.15, 0.2) is 30.3 Å². The molecule has 2 saturated heterocycles. The Balaban J connectivity index is 1.58. The third kappa shape index (κ3) is 8.84. The molecule has 1 aromatic carbocycles. The zero-order valence-electron chi connectivity index (χ0n) is 27.4. The number of hydrogen-bond acceptors (Lipinski definition) is 15. The molecule has 11 atom stereocenters. The van der Waals surface area contributed by atoms with Gasteiger partial charge in [0, 0.05) is 41.7 Å². The second-order valence-electron chi connectivity index (χ2n) is 11.8. The number of hydrogen-bond donors (Lipinski definition) is 0. The number of rotatable bonds is 13. The van der Waals surface area contributed by atoms with E-state index in [-0.39, 0.29) is 19.8 Å². The van der Waals surface area contributed by atoms with E-state index in [1.54, 1.807) is 6.92 Å². The van der Waals surface area contributed by atoms with E-state index in [2.05, 4.69) is 0 Å². The van der Waals surface area contributed by atoms with Crippen molar-refractivity contribution in [3.05, 3.63) is 35.9 Å². The lowest BCUT2D eigenvalue weighted by atomic mass is 9.97. The van der Waals surface area contributed by atoms with E-state index in [1.165, 1.54) is 41.7 Å². The molecule has 3 aliphatic rings. The topological polar surface area (TPSA) is 178 Å². The molecule has 0 aromatic heterocycles. The van der Waals surface area contributed by atoms with Crippen molar-refractivity contribution in [1.82, 2.24) is 0 Å². The second-order valence-corrected chi connectivity index (χ2v) is 11.8. The van der Waals surface area contributed by atoms with Crippen molar-refractivity contribution < 1.29 is 71.3 Å². The summed E-state index contributed by atoms with van der Waals surface area (Å²) >= 11 is 0. The lowest BCUT2D eigenvalue weighted by molar-refractivity contribution is -0.313. The molecular weight excluding hydrogens is 624 g/mol. The monoisotopic (exact) mass is 666 g/mol. The van der Waals surface area contributed by atoms with Gasteiger partial charge in [0.2, 0.25) is 0 Å². The molecule has 2 heterocycles. The first-order chi connectivity index (χ1) is 22.2. The molecule has 260 valence electrons. The Morgan fingerprint density at radius 1 is 0.681 bits per heavy atom. The molecule has 47 heavy (non-hydrogen) atoms. The SMILES string of the molecule is CO[C@H]1O[C@H](COC2(C)[C@@H]3[C@@H](OC(C)=O)[C@H](OC(C)=O)[C@@H](COC(C)=O)O[C@@H]32)[C@@H](OC(C)=O)[C@H](OC(C)=O)[C@H]1OCc1ccccc1. The Kier molecular flexibility index (Phi) is 12.0. The quantitative estimate of drug-likeness (QED) is 0.218. The predicted octanol–water partition coefficient (Wildman–Crippen LogP) is 1.41. The molecule has 0 bridgehead atoms. The van der Waals surface area contributed by atoms with Crippen LogP contribution in [0.5, 0.6) is 0 Å². The van der Waals surface area contributed by atoms with Gasteiger partial charge in [-0.25, -0.2) is 0 Å². The third-order valence-electron chi connectivity index (χ3n) is 8.14. The van der Waals surface area contributed by atoms with Gasteiger partial charge in [0.1, 0.15) is 36.6 Å². The van der Waals surface area contributed by atoms with Crippen LogP contribution in [-0.4, -0.2) is 111 Å². The van der Waals surface area contributed by atoms with Crippen LogP contribution in [0.1, 0.15) is 47.1 Å². The number of ether oxygens (including phenoxy) is 10. The summed E-state index contributed by atoms with van der Waals surface area (Å²) < 4.78 is 58.0. The van der Waals surface area contributed by atoms with Gasteiger partial charge in [0.25, 0.3) is 0 Å². The maximum Gasteiger partial charge on any atom is 0.303 e. The van der Waals surface area contributed by atoms with Crippen LogP contribution in [0.4, 0.5) is 0 Å². The van der Waals surface area contributed by atoms with E-state index in [9.17, 15) is 24.0 Å². The molecule has 1 unspecified atom stereocenters. The summed E-state index contributed by atoms with van der Waals surface area (Å²) in [5.41, 5.74) is -0.294. The van der Waals surface area contributed by atoms with Gasteiger partial charge in [-0.1, -0.05) is 30.3 Å². The van der Waals surface area contributed by atoms with E-state index >= 15 is 0 Å². The van der Waals surface area contributed by atoms with E-state index in [4.69, 9.17) is 47.4 Å². The van der Waals surface area contributed by atoms with Gasteiger partial charge in [-0.05, 0) is 12.5 Å². The first-order valence-electron chi connectivity index (χ1n) is 15.2. The van der Waals surface area contributed by atoms with Gasteiger partial charge in [0.15, 0.2) is 24.6 Å². The van der Waals surface area contributed by atoms with Crippen LogP contribution >= 0.6 is 0 Å². The fraction of sp³-hybridized carbons (Fsp3) is 0.656. The largest absolute Gasteiger partial charge is 0.463 e. The zero-order chi connectivity index (χ0) is 34.5. The van der Waals surface area contributed by atoms with E-state index in [0.717, 1.165) is 5.56 Å². The van der Waals surface area contributed by atoms with Crippen LogP contribution in [0, 0.1) is 5.92 Å². The Labute approximate surface area is 272 Å². The molecule has 0 N–H and O–H groups in total. The first-order valence-corrected chi connectivity index (χ1v) is 15.2. The second kappa shape index (κ2) is 15.5. The molecular formula is C32H42O15. The number of methoxy groups -OCH3 is 1. The lowest BCUT2D eigenvalue weighted by Gasteiger charge is -2.44. The average Bonchev–Trinajstić information content (AvgIpc) is 3.59. The summed E-state index contributed by atoms with van der Waals surface area (Å²) in [5.74, 6) is -3.79. The lowest BCUT2D eigenvalue weighted by Crippen LogP contribution is -2.62. The predicted molar refractivity (Wildman–Crippen MR) is 156 cm³/mol. The molecule has 0 spiro atoms. The Hall–Kier alpha value is -3.63. The third-order valence-corrected chi connectivity index (χ3v) is 8.14. The van der Waals surface area contributed by atoms with Crippen molar-refractivity contribution >= 4 is 29.8 Å². The summed E-state index contributed by atoms with van der Waals surface area (Å²) in [6.45, 7) is 7.39. The van der Waals surface area contributed by atoms with Crippen molar-refractivity contribution in [1.29, 1.82) is 0 Å². The van der Waals surface area contributed by atoms with Gasteiger partial charge in [-0.2, -0.15) is 0 Å². The molecule has 1 saturated carbocycles. The fourth-order valence-electron chi connectivity index (χ4n) is 6.13. The summed E-state index contributed by atoms with van der Waals surface area (Å²) in [4.78, 5) is 60.3. The zero-order valence-corrected chi connectivity index (χ0v) is 27.4. The summed E-state index contributed by atoms with van der Waals surface area (Å²) in [7, 11) is 1.39. The normalized spacial score (nSPS) is 34.3. The van der Waals surface area contributed by atoms with Gasteiger partial charge in [-0.15, -0.1) is 0 Å². The minimum Gasteiger partial charge on any atom is -0.463 e. The Morgan fingerprint density at radius 3 is 1.77 bits per heavy atom. The first kappa shape index (κ1) is 36.2. The molecule has 4 rings (SSSR count). The molecule has 3 fully saturated rings. The Morgan fingerprint density at radius 2 is 1.21 bits per heavy atom. The minimum atomic E-state index is -1.18. The standard InChI is InChI=1S/C32H42O15/c1-16(33)39-14-22-25(42-17(2)34)27(44-19(4)36)24-30(46-22)32(24,6)41-15-23-26(43-18(3)35)28(45-20(5)37)29(31(38-7)47-23)40-13-21-11-9-8-10-12-21/h8-12,22-31H,13-15H2,1-7H3/t22-,23-,24-,25-,26-,27-,28+,29-,30+,31+,32?/m1/s1. The average molecular weight is 667 g/mol. The van der Waals surface area contributed by atoms with Crippen LogP contribution in [-0.2, 0) is 77.9 Å². The van der Waals surface area contributed by atoms with Crippen LogP contribution in [0.3, 0.4) is 0 Å². The number of esters is 5. The van der Waals surface area contributed by atoms with E-state index in [1.807, 2.05) is 30.3 Å². The molecule has 15 nitrogen and oxygen atoms in total. The smallest absolute Gasteiger partial charge is 0.303 e. The molecule has 0 amide bonds. The molecule has 0 radical (unpaired) electrons. The van der Waals surface area contributed by atoms with Crippen LogP contribution < -0.4 is 0 Å². The molecule has 2 aliphatic heterocycles. The van der Waals surface area contributed by atoms with E-state index < -0.39 is 96.5 Å². The highest BCUT2D eigenvalue weighted by Gasteiger charge is 2.74. The fourth-order valence-corrected chi connectivity index (χ4v) is 6.13. The van der Waals surface area contributed by atoms with Gasteiger partial charge >= 0.3 is 29.8 Å². The van der Waals surface area contributed by atoms with E-state index in [0.29, 0.717) is 0 Å². The maximum atomic E-state index is 12.3. The highest BCUT2D eigenvalue weighted by Crippen LogP contribution is 2.57. The highest BCUT2D eigenvalue weighted by molar-refractivity contribution is 5.68. The maximum absolute atomic E-state index is 12.3. The van der Waals surface area contributed by atoms with Gasteiger partial charge < -0.3 is 47.4 Å². The van der Waals surface area contributed by atoms with Crippen LogP contribution in [0.25, 0.3) is 0 Å². The number of fused-ring (bicyclic) bond motifs is 1. The van der Waals surface area contributed by atoms with Crippen LogP contribution in [0.2, 0.25) is 0 Å². The van der Waals surface area contributed by atoms with Crippen molar-refractivity contribution in [3.8, 4) is 0 Å². The molecule has 15 heteroatoms. The van der Waals surface area contributed by atoms with Crippen molar-refractivity contribution in [3.63, 3.8) is 0 Å². The van der Waals surface area contributed by atoms with Crippen molar-refractivity contribution in [2.24, 2.45) is 5.92 Å². The highest BCUT2D eigenvalue weighted by atomic mass is 16.7. The molecule has 1 aliphatic carbocycles.